The van der Waals surface area contributed by atoms with Gasteiger partial charge < -0.3 is 10.2 Å². The van der Waals surface area contributed by atoms with Gasteiger partial charge in [-0.3, -0.25) is 9.59 Å². The van der Waals surface area contributed by atoms with Crippen molar-refractivity contribution in [3.05, 3.63) is 82.9 Å². The average Bonchev–Trinajstić information content (AvgIpc) is 3.14. The van der Waals surface area contributed by atoms with E-state index in [2.05, 4.69) is 10.3 Å². The van der Waals surface area contributed by atoms with Crippen molar-refractivity contribution in [2.45, 2.75) is 26.2 Å². The number of thiazole rings is 1. The summed E-state index contributed by atoms with van der Waals surface area (Å²) in [6.07, 6.45) is 2.49. The molecule has 0 saturated heterocycles. The van der Waals surface area contributed by atoms with Gasteiger partial charge in [0.2, 0.25) is 11.8 Å². The van der Waals surface area contributed by atoms with Crippen LogP contribution in [0.25, 0.3) is 0 Å². The van der Waals surface area contributed by atoms with Crippen molar-refractivity contribution >= 4 is 28.3 Å². The number of hydrogen-bond donors (Lipinski definition) is 1. The first-order chi connectivity index (χ1) is 14.1. The molecule has 0 atom stereocenters. The molecule has 29 heavy (non-hydrogen) atoms. The van der Waals surface area contributed by atoms with Crippen molar-refractivity contribution in [3.8, 4) is 0 Å². The van der Waals surface area contributed by atoms with Gasteiger partial charge in [0.25, 0.3) is 0 Å². The number of anilines is 1. The Bertz CT molecular complexity index is 902. The van der Waals surface area contributed by atoms with Crippen molar-refractivity contribution in [2.24, 2.45) is 0 Å². The lowest BCUT2D eigenvalue weighted by molar-refractivity contribution is -0.135. The van der Waals surface area contributed by atoms with E-state index in [1.165, 1.54) is 11.3 Å². The molecule has 0 unspecified atom stereocenters. The third kappa shape index (κ3) is 5.51. The minimum atomic E-state index is -0.446. The van der Waals surface area contributed by atoms with E-state index < -0.39 is 5.92 Å². The number of carbonyl (C=O) groups excluding carboxylic acids is 2. The van der Waals surface area contributed by atoms with Crippen molar-refractivity contribution in [3.63, 3.8) is 0 Å². The van der Waals surface area contributed by atoms with Crippen LogP contribution in [0.2, 0.25) is 0 Å². The van der Waals surface area contributed by atoms with Crippen LogP contribution in [0.5, 0.6) is 0 Å². The van der Waals surface area contributed by atoms with Crippen LogP contribution >= 0.6 is 11.3 Å². The molecule has 1 aromatic heterocycles. The van der Waals surface area contributed by atoms with Gasteiger partial charge in [-0.1, -0.05) is 67.6 Å². The quantitative estimate of drug-likeness (QED) is 0.600. The molecular weight excluding hydrogens is 382 g/mol. The van der Waals surface area contributed by atoms with E-state index in [4.69, 9.17) is 0 Å². The Labute approximate surface area is 175 Å². The number of nitrogens with one attached hydrogen (secondary N) is 1. The number of amides is 2. The summed E-state index contributed by atoms with van der Waals surface area (Å²) < 4.78 is 0. The molecule has 0 aliphatic carbocycles. The molecule has 3 rings (SSSR count). The maximum Gasteiger partial charge on any atom is 0.245 e. The van der Waals surface area contributed by atoms with Gasteiger partial charge in [-0.2, -0.15) is 0 Å². The molecule has 0 bridgehead atoms. The third-order valence-electron chi connectivity index (χ3n) is 4.52. The van der Waals surface area contributed by atoms with E-state index in [9.17, 15) is 9.59 Å². The monoisotopic (exact) mass is 407 g/mol. The summed E-state index contributed by atoms with van der Waals surface area (Å²) in [7, 11) is 0. The van der Waals surface area contributed by atoms with E-state index in [-0.39, 0.29) is 18.4 Å². The van der Waals surface area contributed by atoms with Crippen LogP contribution in [0.15, 0.2) is 66.9 Å². The second-order valence-corrected chi connectivity index (χ2v) is 8.07. The van der Waals surface area contributed by atoms with Crippen LogP contribution in [0.1, 0.15) is 35.3 Å². The van der Waals surface area contributed by atoms with E-state index in [0.29, 0.717) is 11.7 Å². The molecule has 5 nitrogen and oxygen atoms in total. The van der Waals surface area contributed by atoms with Crippen molar-refractivity contribution in [1.29, 1.82) is 0 Å². The Morgan fingerprint density at radius 3 is 2.10 bits per heavy atom. The number of hydrogen-bond acceptors (Lipinski definition) is 4. The summed E-state index contributed by atoms with van der Waals surface area (Å²) in [6.45, 7) is 4.45. The summed E-state index contributed by atoms with van der Waals surface area (Å²) in [5.41, 5.74) is 1.83. The van der Waals surface area contributed by atoms with Crippen LogP contribution < -0.4 is 5.32 Å². The molecule has 1 heterocycles. The van der Waals surface area contributed by atoms with Crippen LogP contribution in [0, 0.1) is 6.92 Å². The molecule has 0 aliphatic heterocycles. The number of rotatable bonds is 8. The van der Waals surface area contributed by atoms with Crippen LogP contribution in [-0.4, -0.2) is 34.8 Å². The molecule has 0 saturated carbocycles. The highest BCUT2D eigenvalue weighted by Gasteiger charge is 2.28. The average molecular weight is 408 g/mol. The van der Waals surface area contributed by atoms with Gasteiger partial charge in [0.05, 0.1) is 12.5 Å². The third-order valence-corrected chi connectivity index (χ3v) is 5.35. The SMILES string of the molecule is CCCN(CC(=O)Nc1ncc(C)s1)C(=O)C(c1ccccc1)c1ccccc1. The highest BCUT2D eigenvalue weighted by molar-refractivity contribution is 7.15. The summed E-state index contributed by atoms with van der Waals surface area (Å²) >= 11 is 1.42. The molecule has 0 radical (unpaired) electrons. The fraction of sp³-hybridized carbons (Fsp3) is 0.261. The Morgan fingerprint density at radius 1 is 1.03 bits per heavy atom. The van der Waals surface area contributed by atoms with Crippen molar-refractivity contribution in [2.75, 3.05) is 18.4 Å². The number of nitrogens with zero attached hydrogens (tertiary/aromatic N) is 2. The fourth-order valence-corrected chi connectivity index (χ4v) is 3.91. The molecular formula is C23H25N3O2S. The molecule has 1 N–H and O–H groups in total. The zero-order valence-corrected chi connectivity index (χ0v) is 17.5. The Hall–Kier alpha value is -2.99. The van der Waals surface area contributed by atoms with Gasteiger partial charge in [-0.25, -0.2) is 4.98 Å². The summed E-state index contributed by atoms with van der Waals surface area (Å²) in [4.78, 5) is 33.0. The van der Waals surface area contributed by atoms with Gasteiger partial charge in [-0.05, 0) is 24.5 Å². The summed E-state index contributed by atoms with van der Waals surface area (Å²) in [6, 6.07) is 19.4. The predicted octanol–water partition coefficient (Wildman–Crippen LogP) is 4.46. The zero-order chi connectivity index (χ0) is 20.6. The highest BCUT2D eigenvalue weighted by Crippen LogP contribution is 2.27. The van der Waals surface area contributed by atoms with Gasteiger partial charge in [-0.15, -0.1) is 11.3 Å². The Morgan fingerprint density at radius 2 is 1.62 bits per heavy atom. The number of aromatic nitrogens is 1. The topological polar surface area (TPSA) is 62.3 Å². The van der Waals surface area contributed by atoms with Crippen LogP contribution in [0.3, 0.4) is 0 Å². The number of benzene rings is 2. The molecule has 0 fully saturated rings. The maximum atomic E-state index is 13.6. The van der Waals surface area contributed by atoms with Crippen molar-refractivity contribution < 1.29 is 9.59 Å². The lowest BCUT2D eigenvalue weighted by Gasteiger charge is -2.27. The van der Waals surface area contributed by atoms with Gasteiger partial charge in [0.1, 0.15) is 0 Å². The molecule has 6 heteroatoms. The molecule has 2 aromatic carbocycles. The maximum absolute atomic E-state index is 13.6. The lowest BCUT2D eigenvalue weighted by atomic mass is 9.90. The molecule has 3 aromatic rings. The second-order valence-electron chi connectivity index (χ2n) is 6.84. The largest absolute Gasteiger partial charge is 0.333 e. The zero-order valence-electron chi connectivity index (χ0n) is 16.7. The minimum absolute atomic E-state index is 0.00146. The van der Waals surface area contributed by atoms with E-state index in [1.54, 1.807) is 11.1 Å². The minimum Gasteiger partial charge on any atom is -0.333 e. The Balaban J connectivity index is 1.83. The first-order valence-electron chi connectivity index (χ1n) is 9.69. The van der Waals surface area contributed by atoms with Crippen LogP contribution in [-0.2, 0) is 9.59 Å². The van der Waals surface area contributed by atoms with Crippen molar-refractivity contribution in [1.82, 2.24) is 9.88 Å². The number of aryl methyl sites for hydroxylation is 1. The molecule has 150 valence electrons. The fourth-order valence-electron chi connectivity index (χ4n) is 3.23. The van der Waals surface area contributed by atoms with Crippen LogP contribution in [0.4, 0.5) is 5.13 Å². The molecule has 2 amide bonds. The standard InChI is InChI=1S/C23H25N3O2S/c1-3-14-26(16-20(27)25-23-24-15-17(2)29-23)22(28)21(18-10-6-4-7-11-18)19-12-8-5-9-13-19/h4-13,15,21H,3,14,16H2,1-2H3,(H,24,25,27). The molecule has 0 aliphatic rings. The predicted molar refractivity (Wildman–Crippen MR) is 117 cm³/mol. The van der Waals surface area contributed by atoms with E-state index in [1.807, 2.05) is 74.5 Å². The van der Waals surface area contributed by atoms with Gasteiger partial charge in [0.15, 0.2) is 5.13 Å². The lowest BCUT2D eigenvalue weighted by Crippen LogP contribution is -2.41. The van der Waals surface area contributed by atoms with Gasteiger partial charge in [0, 0.05) is 17.6 Å². The van der Waals surface area contributed by atoms with E-state index >= 15 is 0 Å². The first kappa shape index (κ1) is 20.7. The normalized spacial score (nSPS) is 10.7. The summed E-state index contributed by atoms with van der Waals surface area (Å²) in [5, 5.41) is 3.35. The van der Waals surface area contributed by atoms with Gasteiger partial charge >= 0.3 is 0 Å². The smallest absolute Gasteiger partial charge is 0.245 e. The number of carbonyl (C=O) groups is 2. The summed E-state index contributed by atoms with van der Waals surface area (Å²) in [5.74, 6) is -0.755. The van der Waals surface area contributed by atoms with E-state index in [0.717, 1.165) is 22.4 Å². The highest BCUT2D eigenvalue weighted by atomic mass is 32.1. The Kier molecular flexibility index (Phi) is 7.14. The first-order valence-corrected chi connectivity index (χ1v) is 10.5. The second kappa shape index (κ2) is 9.98. The molecule has 0 spiro atoms.